The van der Waals surface area contributed by atoms with Gasteiger partial charge in [0.25, 0.3) is 5.91 Å². The van der Waals surface area contributed by atoms with Crippen molar-refractivity contribution < 1.29 is 9.18 Å². The van der Waals surface area contributed by atoms with E-state index in [-0.39, 0.29) is 11.5 Å². The predicted octanol–water partition coefficient (Wildman–Crippen LogP) is 4.29. The number of hydrogen-bond donors (Lipinski definition) is 2. The number of nitrogens with one attached hydrogen (secondary N) is 2. The first kappa shape index (κ1) is 17.1. The maximum atomic E-state index is 12.8. The van der Waals surface area contributed by atoms with Crippen molar-refractivity contribution in [2.45, 2.75) is 0 Å². The summed E-state index contributed by atoms with van der Waals surface area (Å²) in [5, 5.41) is 11.5. The fraction of sp³-hybridized carbons (Fsp3) is 0. The molecule has 0 aliphatic heterocycles. The molecular formula is C17H11Cl2FN4O. The molecule has 0 aliphatic rings. The van der Waals surface area contributed by atoms with Crippen LogP contribution in [0.2, 0.25) is 10.0 Å². The lowest BCUT2D eigenvalue weighted by Gasteiger charge is -2.00. The maximum absolute atomic E-state index is 12.8. The molecule has 0 bridgehead atoms. The zero-order valence-electron chi connectivity index (χ0n) is 12.6. The highest BCUT2D eigenvalue weighted by atomic mass is 35.5. The minimum atomic E-state index is -0.477. The highest BCUT2D eigenvalue weighted by molar-refractivity contribution is 6.35. The Kier molecular flexibility index (Phi) is 5.11. The second kappa shape index (κ2) is 7.46. The van der Waals surface area contributed by atoms with Gasteiger partial charge in [0.05, 0.1) is 16.9 Å². The van der Waals surface area contributed by atoms with Gasteiger partial charge < -0.3 is 0 Å². The van der Waals surface area contributed by atoms with Gasteiger partial charge in [-0.1, -0.05) is 35.3 Å². The van der Waals surface area contributed by atoms with Gasteiger partial charge in [0, 0.05) is 10.6 Å². The summed E-state index contributed by atoms with van der Waals surface area (Å²) in [6.07, 6.45) is 1.41. The summed E-state index contributed by atoms with van der Waals surface area (Å²) < 4.78 is 12.8. The first-order chi connectivity index (χ1) is 12.0. The lowest BCUT2D eigenvalue weighted by atomic mass is 10.1. The highest BCUT2D eigenvalue weighted by Gasteiger charge is 2.13. The lowest BCUT2D eigenvalue weighted by Crippen LogP contribution is -2.17. The van der Waals surface area contributed by atoms with Crippen molar-refractivity contribution in [3.63, 3.8) is 0 Å². The standard InChI is InChI=1S/C17H11Cl2FN4O/c18-11-3-6-14(19)13(7-11)15-8-16(23-22-15)17(25)24-21-9-10-1-4-12(20)5-2-10/h1-9H,(H,22,23)(H,24,25)/b21-9+. The Morgan fingerprint density at radius 1 is 1.16 bits per heavy atom. The minimum absolute atomic E-state index is 0.210. The minimum Gasteiger partial charge on any atom is -0.272 e. The molecular weight excluding hydrogens is 366 g/mol. The van der Waals surface area contributed by atoms with E-state index < -0.39 is 5.91 Å². The molecule has 1 aromatic heterocycles. The second-order valence-corrected chi connectivity index (χ2v) is 5.89. The number of aromatic nitrogens is 2. The summed E-state index contributed by atoms with van der Waals surface area (Å²) in [7, 11) is 0. The largest absolute Gasteiger partial charge is 0.289 e. The predicted molar refractivity (Wildman–Crippen MR) is 95.5 cm³/mol. The molecule has 2 aromatic carbocycles. The topological polar surface area (TPSA) is 70.1 Å². The molecule has 0 spiro atoms. The van der Waals surface area contributed by atoms with Gasteiger partial charge >= 0.3 is 0 Å². The summed E-state index contributed by atoms with van der Waals surface area (Å²) in [4.78, 5) is 12.1. The van der Waals surface area contributed by atoms with Crippen LogP contribution < -0.4 is 5.43 Å². The van der Waals surface area contributed by atoms with Gasteiger partial charge in [-0.3, -0.25) is 9.89 Å². The SMILES string of the molecule is O=C(N/N=C/c1ccc(F)cc1)c1cc(-c2cc(Cl)ccc2Cl)n[nH]1. The number of halogens is 3. The van der Waals surface area contributed by atoms with Gasteiger partial charge in [0.1, 0.15) is 11.5 Å². The Morgan fingerprint density at radius 2 is 1.92 bits per heavy atom. The van der Waals surface area contributed by atoms with Crippen LogP contribution in [-0.2, 0) is 0 Å². The molecule has 3 rings (SSSR count). The van der Waals surface area contributed by atoms with E-state index in [0.29, 0.717) is 26.9 Å². The summed E-state index contributed by atoms with van der Waals surface area (Å²) in [5.74, 6) is -0.818. The molecule has 0 aliphatic carbocycles. The molecule has 0 saturated carbocycles. The summed E-state index contributed by atoms with van der Waals surface area (Å²) in [5.41, 5.74) is 4.32. The number of carbonyl (C=O) groups excluding carboxylic acids is 1. The molecule has 1 heterocycles. The number of H-pyrrole nitrogens is 1. The molecule has 0 atom stereocenters. The van der Waals surface area contributed by atoms with E-state index in [9.17, 15) is 9.18 Å². The van der Waals surface area contributed by atoms with Gasteiger partial charge in [-0.15, -0.1) is 0 Å². The van der Waals surface area contributed by atoms with E-state index in [1.165, 1.54) is 18.3 Å². The first-order valence-corrected chi connectivity index (χ1v) is 7.88. The second-order valence-electron chi connectivity index (χ2n) is 5.04. The Bertz CT molecular complexity index is 938. The average Bonchev–Trinajstić information content (AvgIpc) is 3.09. The summed E-state index contributed by atoms with van der Waals surface area (Å²) in [6.45, 7) is 0. The van der Waals surface area contributed by atoms with Crippen molar-refractivity contribution >= 4 is 35.3 Å². The normalized spacial score (nSPS) is 11.0. The van der Waals surface area contributed by atoms with Gasteiger partial charge in [-0.05, 0) is 42.0 Å². The summed E-state index contributed by atoms with van der Waals surface area (Å²) >= 11 is 12.1. The van der Waals surface area contributed by atoms with Crippen LogP contribution in [0.1, 0.15) is 16.1 Å². The van der Waals surface area contributed by atoms with E-state index in [0.717, 1.165) is 0 Å². The molecule has 0 unspecified atom stereocenters. The smallest absolute Gasteiger partial charge is 0.272 e. The Labute approximate surface area is 152 Å². The number of aromatic amines is 1. The van der Waals surface area contributed by atoms with Crippen molar-refractivity contribution in [2.24, 2.45) is 5.10 Å². The van der Waals surface area contributed by atoms with Gasteiger partial charge in [0.2, 0.25) is 0 Å². The van der Waals surface area contributed by atoms with Crippen LogP contribution in [0.4, 0.5) is 4.39 Å². The van der Waals surface area contributed by atoms with Crippen LogP contribution in [-0.4, -0.2) is 22.3 Å². The molecule has 3 aromatic rings. The van der Waals surface area contributed by atoms with E-state index in [4.69, 9.17) is 23.2 Å². The molecule has 2 N–H and O–H groups in total. The van der Waals surface area contributed by atoms with Crippen LogP contribution in [0.3, 0.4) is 0 Å². The third kappa shape index (κ3) is 4.23. The Morgan fingerprint density at radius 3 is 2.68 bits per heavy atom. The molecule has 0 saturated heterocycles. The monoisotopic (exact) mass is 376 g/mol. The zero-order valence-corrected chi connectivity index (χ0v) is 14.1. The number of nitrogens with zero attached hydrogens (tertiary/aromatic N) is 2. The van der Waals surface area contributed by atoms with E-state index in [2.05, 4.69) is 20.7 Å². The van der Waals surface area contributed by atoms with Crippen molar-refractivity contribution in [3.05, 3.63) is 75.7 Å². The summed E-state index contributed by atoms with van der Waals surface area (Å²) in [6, 6.07) is 12.2. The van der Waals surface area contributed by atoms with E-state index in [1.807, 2.05) is 0 Å². The molecule has 8 heteroatoms. The zero-order chi connectivity index (χ0) is 17.8. The fourth-order valence-electron chi connectivity index (χ4n) is 2.04. The number of benzene rings is 2. The van der Waals surface area contributed by atoms with Crippen molar-refractivity contribution in [1.29, 1.82) is 0 Å². The van der Waals surface area contributed by atoms with Crippen molar-refractivity contribution in [3.8, 4) is 11.3 Å². The van der Waals surface area contributed by atoms with Crippen molar-refractivity contribution in [2.75, 3.05) is 0 Å². The first-order valence-electron chi connectivity index (χ1n) is 7.13. The van der Waals surface area contributed by atoms with Crippen molar-refractivity contribution in [1.82, 2.24) is 15.6 Å². The number of hydrogen-bond acceptors (Lipinski definition) is 3. The molecule has 126 valence electrons. The molecule has 0 radical (unpaired) electrons. The molecule has 25 heavy (non-hydrogen) atoms. The number of rotatable bonds is 4. The van der Waals surface area contributed by atoms with E-state index in [1.54, 1.807) is 36.4 Å². The Hall–Kier alpha value is -2.70. The van der Waals surface area contributed by atoms with Gasteiger partial charge in [-0.25, -0.2) is 9.82 Å². The maximum Gasteiger partial charge on any atom is 0.289 e. The van der Waals surface area contributed by atoms with Crippen LogP contribution in [0.5, 0.6) is 0 Å². The third-order valence-corrected chi connectivity index (χ3v) is 3.84. The number of hydrazone groups is 1. The molecule has 0 fully saturated rings. The Balaban J connectivity index is 1.70. The number of amides is 1. The van der Waals surface area contributed by atoms with Crippen LogP contribution in [0.25, 0.3) is 11.3 Å². The van der Waals surface area contributed by atoms with Crippen LogP contribution in [0, 0.1) is 5.82 Å². The lowest BCUT2D eigenvalue weighted by molar-refractivity contribution is 0.0950. The van der Waals surface area contributed by atoms with Crippen LogP contribution >= 0.6 is 23.2 Å². The van der Waals surface area contributed by atoms with Crippen LogP contribution in [0.15, 0.2) is 53.6 Å². The van der Waals surface area contributed by atoms with Gasteiger partial charge in [-0.2, -0.15) is 10.2 Å². The quantitative estimate of drug-likeness (QED) is 0.526. The highest BCUT2D eigenvalue weighted by Crippen LogP contribution is 2.29. The number of carbonyl (C=O) groups is 1. The van der Waals surface area contributed by atoms with E-state index >= 15 is 0 Å². The van der Waals surface area contributed by atoms with Gasteiger partial charge in [0.15, 0.2) is 0 Å². The molecule has 5 nitrogen and oxygen atoms in total. The molecule has 1 amide bonds. The third-order valence-electron chi connectivity index (χ3n) is 3.28. The average molecular weight is 377 g/mol. The fourth-order valence-corrected chi connectivity index (χ4v) is 2.43.